The van der Waals surface area contributed by atoms with Crippen LogP contribution in [-0.4, -0.2) is 11.9 Å². The predicted molar refractivity (Wildman–Crippen MR) is 72.9 cm³/mol. The molecule has 4 heteroatoms. The SMILES string of the molecule is CCCC(NC(=O)[C@@H](N)C(C)C)c1cccs1. The second-order valence-electron chi connectivity index (χ2n) is 4.64. The lowest BCUT2D eigenvalue weighted by atomic mass is 10.0. The lowest BCUT2D eigenvalue weighted by Crippen LogP contribution is -2.45. The first-order chi connectivity index (χ1) is 8.06. The molecule has 96 valence electrons. The van der Waals surface area contributed by atoms with E-state index in [1.165, 1.54) is 4.88 Å². The van der Waals surface area contributed by atoms with Crippen LogP contribution in [0.5, 0.6) is 0 Å². The first-order valence-corrected chi connectivity index (χ1v) is 7.03. The Hall–Kier alpha value is -0.870. The maximum atomic E-state index is 11.9. The highest BCUT2D eigenvalue weighted by atomic mass is 32.1. The Balaban J connectivity index is 2.65. The molecule has 0 saturated carbocycles. The fraction of sp³-hybridized carbons (Fsp3) is 0.615. The average Bonchev–Trinajstić information content (AvgIpc) is 2.80. The molecule has 0 fully saturated rings. The van der Waals surface area contributed by atoms with Crippen LogP contribution in [0.25, 0.3) is 0 Å². The zero-order valence-electron chi connectivity index (χ0n) is 10.8. The Labute approximate surface area is 107 Å². The van der Waals surface area contributed by atoms with Crippen molar-refractivity contribution in [2.24, 2.45) is 11.7 Å². The van der Waals surface area contributed by atoms with Crippen LogP contribution >= 0.6 is 11.3 Å². The summed E-state index contributed by atoms with van der Waals surface area (Å²) >= 11 is 1.68. The normalized spacial score (nSPS) is 14.6. The molecule has 1 aromatic heterocycles. The van der Waals surface area contributed by atoms with E-state index in [0.29, 0.717) is 0 Å². The molecule has 2 atom stereocenters. The summed E-state index contributed by atoms with van der Waals surface area (Å²) in [5.41, 5.74) is 5.85. The van der Waals surface area contributed by atoms with E-state index >= 15 is 0 Å². The Morgan fingerprint density at radius 2 is 2.24 bits per heavy atom. The molecule has 0 saturated heterocycles. The molecule has 0 spiro atoms. The van der Waals surface area contributed by atoms with Crippen molar-refractivity contribution in [3.63, 3.8) is 0 Å². The molecule has 0 bridgehead atoms. The molecule has 1 aromatic rings. The third-order valence-electron chi connectivity index (χ3n) is 2.80. The topological polar surface area (TPSA) is 55.1 Å². The van der Waals surface area contributed by atoms with E-state index in [-0.39, 0.29) is 17.9 Å². The second-order valence-corrected chi connectivity index (χ2v) is 5.61. The highest BCUT2D eigenvalue weighted by molar-refractivity contribution is 7.10. The minimum absolute atomic E-state index is 0.0492. The van der Waals surface area contributed by atoms with Gasteiger partial charge in [0.05, 0.1) is 12.1 Å². The second kappa shape index (κ2) is 6.77. The number of carbonyl (C=O) groups excluding carboxylic acids is 1. The molecule has 17 heavy (non-hydrogen) atoms. The van der Waals surface area contributed by atoms with Gasteiger partial charge in [-0.3, -0.25) is 4.79 Å². The standard InChI is InChI=1S/C13H22N2OS/c1-4-6-10(11-7-5-8-17-11)15-13(16)12(14)9(2)3/h5,7-10,12H,4,6,14H2,1-3H3,(H,15,16)/t10?,12-/m0/s1. The van der Waals surface area contributed by atoms with E-state index in [2.05, 4.69) is 18.3 Å². The molecule has 0 aromatic carbocycles. The van der Waals surface area contributed by atoms with Crippen molar-refractivity contribution in [1.29, 1.82) is 0 Å². The van der Waals surface area contributed by atoms with Gasteiger partial charge in [0, 0.05) is 4.88 Å². The number of carbonyl (C=O) groups is 1. The van der Waals surface area contributed by atoms with Gasteiger partial charge in [0.2, 0.25) is 5.91 Å². The van der Waals surface area contributed by atoms with E-state index in [1.807, 2.05) is 25.3 Å². The molecule has 3 N–H and O–H groups in total. The van der Waals surface area contributed by atoms with Crippen molar-refractivity contribution in [2.75, 3.05) is 0 Å². The Morgan fingerprint density at radius 3 is 2.71 bits per heavy atom. The van der Waals surface area contributed by atoms with Gasteiger partial charge in [0.25, 0.3) is 0 Å². The van der Waals surface area contributed by atoms with Crippen LogP contribution in [0.2, 0.25) is 0 Å². The van der Waals surface area contributed by atoms with Crippen molar-refractivity contribution < 1.29 is 4.79 Å². The monoisotopic (exact) mass is 254 g/mol. The van der Waals surface area contributed by atoms with Gasteiger partial charge >= 0.3 is 0 Å². The van der Waals surface area contributed by atoms with Crippen molar-refractivity contribution in [3.05, 3.63) is 22.4 Å². The summed E-state index contributed by atoms with van der Waals surface area (Å²) < 4.78 is 0. The molecular weight excluding hydrogens is 232 g/mol. The van der Waals surface area contributed by atoms with E-state index < -0.39 is 6.04 Å². The summed E-state index contributed by atoms with van der Waals surface area (Å²) in [6.07, 6.45) is 2.00. The number of nitrogens with one attached hydrogen (secondary N) is 1. The van der Waals surface area contributed by atoms with Crippen LogP contribution in [-0.2, 0) is 4.79 Å². The number of nitrogens with two attached hydrogens (primary N) is 1. The smallest absolute Gasteiger partial charge is 0.237 e. The number of thiophene rings is 1. The van der Waals surface area contributed by atoms with Crippen LogP contribution in [0.15, 0.2) is 17.5 Å². The maximum Gasteiger partial charge on any atom is 0.237 e. The molecular formula is C13H22N2OS. The number of rotatable bonds is 6. The zero-order valence-corrected chi connectivity index (χ0v) is 11.6. The Bertz CT molecular complexity index is 335. The average molecular weight is 254 g/mol. The quantitative estimate of drug-likeness (QED) is 0.820. The number of amides is 1. The van der Waals surface area contributed by atoms with Gasteiger partial charge in [-0.15, -0.1) is 11.3 Å². The lowest BCUT2D eigenvalue weighted by molar-refractivity contribution is -0.124. The van der Waals surface area contributed by atoms with Crippen molar-refractivity contribution in [2.45, 2.75) is 45.7 Å². The Morgan fingerprint density at radius 1 is 1.53 bits per heavy atom. The van der Waals surface area contributed by atoms with Gasteiger partial charge in [0.1, 0.15) is 0 Å². The fourth-order valence-electron chi connectivity index (χ4n) is 1.63. The summed E-state index contributed by atoms with van der Waals surface area (Å²) in [5.74, 6) is 0.118. The van der Waals surface area contributed by atoms with Crippen LogP contribution < -0.4 is 11.1 Å². The molecule has 0 aliphatic carbocycles. The highest BCUT2D eigenvalue weighted by Crippen LogP contribution is 2.23. The summed E-state index contributed by atoms with van der Waals surface area (Å²) in [4.78, 5) is 13.1. The minimum Gasteiger partial charge on any atom is -0.347 e. The van der Waals surface area contributed by atoms with Crippen LogP contribution in [0.4, 0.5) is 0 Å². The molecule has 1 unspecified atom stereocenters. The van der Waals surface area contributed by atoms with E-state index in [4.69, 9.17) is 5.73 Å². The molecule has 0 aliphatic rings. The van der Waals surface area contributed by atoms with E-state index in [0.717, 1.165) is 12.8 Å². The molecule has 0 aliphatic heterocycles. The largest absolute Gasteiger partial charge is 0.347 e. The van der Waals surface area contributed by atoms with E-state index in [1.54, 1.807) is 11.3 Å². The maximum absolute atomic E-state index is 11.9. The molecule has 0 radical (unpaired) electrons. The number of hydrogen-bond donors (Lipinski definition) is 2. The van der Waals surface area contributed by atoms with Gasteiger partial charge in [-0.2, -0.15) is 0 Å². The molecule has 1 amide bonds. The van der Waals surface area contributed by atoms with Crippen molar-refractivity contribution >= 4 is 17.2 Å². The van der Waals surface area contributed by atoms with Crippen LogP contribution in [0.3, 0.4) is 0 Å². The first-order valence-electron chi connectivity index (χ1n) is 6.15. The summed E-state index contributed by atoms with van der Waals surface area (Å²) in [7, 11) is 0. The third kappa shape index (κ3) is 4.13. The van der Waals surface area contributed by atoms with E-state index in [9.17, 15) is 4.79 Å². The first kappa shape index (κ1) is 14.2. The minimum atomic E-state index is -0.422. The summed E-state index contributed by atoms with van der Waals surface area (Å²) in [5, 5.41) is 5.08. The van der Waals surface area contributed by atoms with Crippen LogP contribution in [0, 0.1) is 5.92 Å². The van der Waals surface area contributed by atoms with Gasteiger partial charge in [-0.05, 0) is 23.8 Å². The molecule has 3 nitrogen and oxygen atoms in total. The summed E-state index contributed by atoms with van der Waals surface area (Å²) in [6.45, 7) is 6.05. The summed E-state index contributed by atoms with van der Waals surface area (Å²) in [6, 6.07) is 3.76. The molecule has 1 heterocycles. The van der Waals surface area contributed by atoms with Gasteiger partial charge in [-0.25, -0.2) is 0 Å². The van der Waals surface area contributed by atoms with Crippen molar-refractivity contribution in [3.8, 4) is 0 Å². The predicted octanol–water partition coefficient (Wildman–Crippen LogP) is 2.69. The number of hydrogen-bond acceptors (Lipinski definition) is 3. The van der Waals surface area contributed by atoms with Crippen molar-refractivity contribution in [1.82, 2.24) is 5.32 Å². The van der Waals surface area contributed by atoms with Gasteiger partial charge < -0.3 is 11.1 Å². The fourth-order valence-corrected chi connectivity index (χ4v) is 2.45. The zero-order chi connectivity index (χ0) is 12.8. The van der Waals surface area contributed by atoms with Crippen LogP contribution in [0.1, 0.15) is 44.5 Å². The highest BCUT2D eigenvalue weighted by Gasteiger charge is 2.21. The third-order valence-corrected chi connectivity index (χ3v) is 3.79. The van der Waals surface area contributed by atoms with Gasteiger partial charge in [0.15, 0.2) is 0 Å². The lowest BCUT2D eigenvalue weighted by Gasteiger charge is -2.21. The Kier molecular flexibility index (Phi) is 5.65. The van der Waals surface area contributed by atoms with Gasteiger partial charge in [-0.1, -0.05) is 33.3 Å². The molecule has 1 rings (SSSR count).